The molecule has 0 unspecified atom stereocenters. The Morgan fingerprint density at radius 1 is 1.04 bits per heavy atom. The van der Waals surface area contributed by atoms with Gasteiger partial charge >= 0.3 is 0 Å². The van der Waals surface area contributed by atoms with Crippen molar-refractivity contribution in [1.82, 2.24) is 14.8 Å². The minimum absolute atomic E-state index is 0.155. The summed E-state index contributed by atoms with van der Waals surface area (Å²) < 4.78 is 1.18. The minimum Gasteiger partial charge on any atom is -0.337 e. The van der Waals surface area contributed by atoms with Gasteiger partial charge in [-0.1, -0.05) is 12.1 Å². The Morgan fingerprint density at radius 3 is 2.79 bits per heavy atom. The van der Waals surface area contributed by atoms with Crippen LogP contribution in [0.3, 0.4) is 0 Å². The predicted molar refractivity (Wildman–Crippen MR) is 101 cm³/mol. The molecule has 0 N–H and O–H groups in total. The quantitative estimate of drug-likeness (QED) is 0.700. The van der Waals surface area contributed by atoms with Gasteiger partial charge in [0.2, 0.25) is 0 Å². The molecule has 0 aliphatic carbocycles. The molecule has 1 aliphatic rings. The van der Waals surface area contributed by atoms with Gasteiger partial charge in [0.05, 0.1) is 20.0 Å². The van der Waals surface area contributed by atoms with Gasteiger partial charge in [-0.05, 0) is 44.3 Å². The van der Waals surface area contributed by atoms with E-state index in [1.165, 1.54) is 4.70 Å². The summed E-state index contributed by atoms with van der Waals surface area (Å²) in [6.45, 7) is 3.66. The van der Waals surface area contributed by atoms with Crippen molar-refractivity contribution in [2.45, 2.75) is 6.42 Å². The normalized spacial score (nSPS) is 16.5. The van der Waals surface area contributed by atoms with E-state index in [1.54, 1.807) is 22.7 Å². The summed E-state index contributed by atoms with van der Waals surface area (Å²) in [5, 5.41) is 0.996. The third-order valence-corrected chi connectivity index (χ3v) is 6.61. The van der Waals surface area contributed by atoms with Gasteiger partial charge in [0.25, 0.3) is 5.91 Å². The van der Waals surface area contributed by atoms with Crippen LogP contribution in [-0.2, 0) is 0 Å². The average Bonchev–Trinajstić information content (AvgIpc) is 3.18. The van der Waals surface area contributed by atoms with E-state index in [2.05, 4.69) is 18.0 Å². The summed E-state index contributed by atoms with van der Waals surface area (Å²) in [5.74, 6) is 0.155. The second-order valence-corrected chi connectivity index (χ2v) is 8.21. The van der Waals surface area contributed by atoms with E-state index in [0.29, 0.717) is 0 Å². The molecule has 4 rings (SSSR count). The van der Waals surface area contributed by atoms with E-state index in [0.717, 1.165) is 52.9 Å². The molecule has 6 heteroatoms. The van der Waals surface area contributed by atoms with E-state index in [9.17, 15) is 4.79 Å². The number of aromatic nitrogens is 1. The van der Waals surface area contributed by atoms with Gasteiger partial charge < -0.3 is 9.80 Å². The van der Waals surface area contributed by atoms with E-state index in [-0.39, 0.29) is 5.91 Å². The number of para-hydroxylation sites is 1. The first-order valence-corrected chi connectivity index (χ1v) is 9.77. The van der Waals surface area contributed by atoms with Crippen LogP contribution < -0.4 is 0 Å². The highest BCUT2D eigenvalue weighted by atomic mass is 32.1. The van der Waals surface area contributed by atoms with Gasteiger partial charge in [-0.3, -0.25) is 4.79 Å². The zero-order valence-electron chi connectivity index (χ0n) is 13.6. The van der Waals surface area contributed by atoms with Gasteiger partial charge in [0.15, 0.2) is 0 Å². The lowest BCUT2D eigenvalue weighted by Crippen LogP contribution is -2.34. The summed E-state index contributed by atoms with van der Waals surface area (Å²) in [5.41, 5.74) is 1.02. The minimum atomic E-state index is 0.155. The number of nitrogens with zero attached hydrogens (tertiary/aromatic N) is 3. The van der Waals surface area contributed by atoms with Crippen LogP contribution in [0.5, 0.6) is 0 Å². The molecule has 0 atom stereocenters. The van der Waals surface area contributed by atoms with Crippen LogP contribution in [0.4, 0.5) is 0 Å². The molecule has 124 valence electrons. The van der Waals surface area contributed by atoms with Crippen molar-refractivity contribution < 1.29 is 4.79 Å². The molecule has 0 radical (unpaired) electrons. The van der Waals surface area contributed by atoms with E-state index >= 15 is 0 Å². The van der Waals surface area contributed by atoms with Gasteiger partial charge in [-0.15, -0.1) is 22.7 Å². The van der Waals surface area contributed by atoms with Crippen LogP contribution in [0.2, 0.25) is 0 Å². The van der Waals surface area contributed by atoms with Crippen molar-refractivity contribution in [2.75, 3.05) is 33.2 Å². The summed E-state index contributed by atoms with van der Waals surface area (Å²) in [6, 6.07) is 12.1. The number of benzene rings is 1. The van der Waals surface area contributed by atoms with Crippen LogP contribution in [-0.4, -0.2) is 53.9 Å². The van der Waals surface area contributed by atoms with Crippen LogP contribution >= 0.6 is 22.7 Å². The lowest BCUT2D eigenvalue weighted by atomic mass is 10.3. The monoisotopic (exact) mass is 357 g/mol. The third kappa shape index (κ3) is 3.09. The number of hydrogen-bond acceptors (Lipinski definition) is 5. The highest BCUT2D eigenvalue weighted by Crippen LogP contribution is 2.34. The molecular weight excluding hydrogens is 338 g/mol. The smallest absolute Gasteiger partial charge is 0.263 e. The number of fused-ring (bicyclic) bond motifs is 1. The van der Waals surface area contributed by atoms with Gasteiger partial charge in [-0.2, -0.15) is 0 Å². The molecule has 1 fully saturated rings. The van der Waals surface area contributed by atoms with Crippen molar-refractivity contribution in [3.63, 3.8) is 0 Å². The van der Waals surface area contributed by atoms with Crippen molar-refractivity contribution in [3.8, 4) is 9.88 Å². The van der Waals surface area contributed by atoms with Crippen molar-refractivity contribution in [1.29, 1.82) is 0 Å². The molecule has 0 bridgehead atoms. The molecule has 4 nitrogen and oxygen atoms in total. The largest absolute Gasteiger partial charge is 0.337 e. The summed E-state index contributed by atoms with van der Waals surface area (Å²) in [6.07, 6.45) is 1.04. The molecule has 2 aromatic heterocycles. The number of amides is 1. The molecule has 1 aliphatic heterocycles. The first-order chi connectivity index (χ1) is 11.7. The maximum atomic E-state index is 12.8. The van der Waals surface area contributed by atoms with Crippen molar-refractivity contribution in [3.05, 3.63) is 41.3 Å². The van der Waals surface area contributed by atoms with Crippen molar-refractivity contribution >= 4 is 38.8 Å². The fourth-order valence-electron chi connectivity index (χ4n) is 2.95. The van der Waals surface area contributed by atoms with Gasteiger partial charge in [0.1, 0.15) is 5.01 Å². The zero-order valence-corrected chi connectivity index (χ0v) is 15.2. The fraction of sp³-hybridized carbons (Fsp3) is 0.333. The number of carbonyl (C=O) groups excluding carboxylic acids is 1. The Morgan fingerprint density at radius 2 is 1.92 bits per heavy atom. The zero-order chi connectivity index (χ0) is 16.5. The topological polar surface area (TPSA) is 36.4 Å². The molecule has 1 saturated heterocycles. The molecule has 3 aromatic rings. The number of carbonyl (C=O) groups is 1. The Kier molecular flexibility index (Phi) is 4.35. The van der Waals surface area contributed by atoms with Gasteiger partial charge in [0, 0.05) is 19.6 Å². The van der Waals surface area contributed by atoms with E-state index in [4.69, 9.17) is 4.98 Å². The number of rotatable bonds is 2. The van der Waals surface area contributed by atoms with Gasteiger partial charge in [-0.25, -0.2) is 4.98 Å². The molecule has 1 amide bonds. The van der Waals surface area contributed by atoms with Crippen LogP contribution in [0.1, 0.15) is 16.1 Å². The fourth-order valence-corrected chi connectivity index (χ4v) is 4.95. The first kappa shape index (κ1) is 15.7. The molecular formula is C18H19N3OS2. The molecule has 0 saturated carbocycles. The standard InChI is InChI=1S/C18H19N3OS2/c1-20-9-4-10-21(12-11-20)18(22)16-8-7-15(23-16)17-19-13-5-2-3-6-14(13)24-17/h2-3,5-8H,4,9-12H2,1H3. The SMILES string of the molecule is CN1CCCN(C(=O)c2ccc(-c3nc4ccccc4s3)s2)CC1. The van der Waals surface area contributed by atoms with E-state index in [1.807, 2.05) is 35.2 Å². The number of thiazole rings is 1. The predicted octanol–water partition coefficient (Wildman–Crippen LogP) is 3.80. The van der Waals surface area contributed by atoms with Crippen LogP contribution in [0, 0.1) is 0 Å². The molecule has 24 heavy (non-hydrogen) atoms. The molecule has 0 spiro atoms. The summed E-state index contributed by atoms with van der Waals surface area (Å²) in [7, 11) is 2.12. The number of thiophene rings is 1. The van der Waals surface area contributed by atoms with Crippen LogP contribution in [0.25, 0.3) is 20.1 Å². The highest BCUT2D eigenvalue weighted by Gasteiger charge is 2.21. The Balaban J connectivity index is 1.56. The van der Waals surface area contributed by atoms with Crippen LogP contribution in [0.15, 0.2) is 36.4 Å². The lowest BCUT2D eigenvalue weighted by Gasteiger charge is -2.19. The highest BCUT2D eigenvalue weighted by molar-refractivity contribution is 7.26. The van der Waals surface area contributed by atoms with E-state index < -0.39 is 0 Å². The molecule has 3 heterocycles. The Bertz CT molecular complexity index is 837. The maximum Gasteiger partial charge on any atom is 0.263 e. The van der Waals surface area contributed by atoms with Crippen molar-refractivity contribution in [2.24, 2.45) is 0 Å². The second kappa shape index (κ2) is 6.63. The average molecular weight is 358 g/mol. The number of likely N-dealkylation sites (N-methyl/N-ethyl adjacent to an activating group) is 1. The number of hydrogen-bond donors (Lipinski definition) is 0. The third-order valence-electron chi connectivity index (χ3n) is 4.33. The lowest BCUT2D eigenvalue weighted by molar-refractivity contribution is 0.0767. The Hall–Kier alpha value is -1.76. The summed E-state index contributed by atoms with van der Waals surface area (Å²) in [4.78, 5) is 23.6. The maximum absolute atomic E-state index is 12.8. The molecule has 1 aromatic carbocycles. The second-order valence-electron chi connectivity index (χ2n) is 6.10. The Labute approximate surface area is 149 Å². The first-order valence-electron chi connectivity index (χ1n) is 8.14. The summed E-state index contributed by atoms with van der Waals surface area (Å²) >= 11 is 3.24.